The molecule has 0 unspecified atom stereocenters. The van der Waals surface area contributed by atoms with Gasteiger partial charge in [-0.3, -0.25) is 9.78 Å². The van der Waals surface area contributed by atoms with Gasteiger partial charge in [-0.2, -0.15) is 0 Å². The van der Waals surface area contributed by atoms with Crippen molar-refractivity contribution in [3.8, 4) is 17.0 Å². The molecule has 7 heteroatoms. The topological polar surface area (TPSA) is 75.5 Å². The summed E-state index contributed by atoms with van der Waals surface area (Å²) in [4.78, 5) is 22.9. The van der Waals surface area contributed by atoms with Crippen LogP contribution in [0.15, 0.2) is 48.8 Å². The lowest BCUT2D eigenvalue weighted by Crippen LogP contribution is -2.40. The van der Waals surface area contributed by atoms with Crippen molar-refractivity contribution in [3.05, 3.63) is 54.6 Å². The summed E-state index contributed by atoms with van der Waals surface area (Å²) in [6, 6.07) is 9.41. The van der Waals surface area contributed by atoms with Crippen molar-refractivity contribution in [1.29, 1.82) is 0 Å². The highest BCUT2D eigenvalue weighted by Crippen LogP contribution is 2.30. The Balaban J connectivity index is 1.62. The fraction of sp³-hybridized carbons (Fsp3) is 0.286. The summed E-state index contributed by atoms with van der Waals surface area (Å²) in [5.41, 5.74) is 2.04. The van der Waals surface area contributed by atoms with E-state index in [1.807, 2.05) is 0 Å². The average Bonchev–Trinajstić information content (AvgIpc) is 3.21. The molecule has 0 aliphatic carbocycles. The molecule has 1 aromatic carbocycles. The van der Waals surface area contributed by atoms with Crippen LogP contribution < -0.4 is 4.74 Å². The van der Waals surface area contributed by atoms with Gasteiger partial charge in [0.1, 0.15) is 11.6 Å². The number of rotatable bonds is 5. The van der Waals surface area contributed by atoms with Crippen LogP contribution in [0.2, 0.25) is 0 Å². The van der Waals surface area contributed by atoms with Gasteiger partial charge in [0.2, 0.25) is 0 Å². The quantitative estimate of drug-likeness (QED) is 0.736. The number of likely N-dealkylation sites (tertiary alicyclic amines) is 1. The zero-order valence-corrected chi connectivity index (χ0v) is 15.2. The summed E-state index contributed by atoms with van der Waals surface area (Å²) >= 11 is 0. The van der Waals surface area contributed by atoms with Gasteiger partial charge in [0.05, 0.1) is 29.2 Å². The van der Waals surface area contributed by atoms with Crippen LogP contribution in [0.4, 0.5) is 4.39 Å². The van der Waals surface area contributed by atoms with Crippen molar-refractivity contribution in [2.24, 2.45) is 0 Å². The molecule has 1 aliphatic rings. The molecule has 3 heterocycles. The molecular weight excluding hydrogens is 361 g/mol. The van der Waals surface area contributed by atoms with E-state index in [9.17, 15) is 14.3 Å². The maximum atomic E-state index is 13.2. The first-order valence-electron chi connectivity index (χ1n) is 9.19. The minimum Gasteiger partial charge on any atom is -0.483 e. The first kappa shape index (κ1) is 18.3. The van der Waals surface area contributed by atoms with Gasteiger partial charge in [0.25, 0.3) is 5.91 Å². The van der Waals surface area contributed by atoms with Crippen molar-refractivity contribution in [2.75, 3.05) is 19.8 Å². The lowest BCUT2D eigenvalue weighted by atomic mass is 10.1. The first-order chi connectivity index (χ1) is 13.7. The highest BCUT2D eigenvalue weighted by Gasteiger charge is 2.28. The number of hydrogen-bond acceptors (Lipinski definition) is 5. The van der Waals surface area contributed by atoms with Gasteiger partial charge in [-0.25, -0.2) is 9.37 Å². The third-order valence-electron chi connectivity index (χ3n) is 4.97. The number of amides is 1. The van der Waals surface area contributed by atoms with E-state index in [1.54, 1.807) is 41.6 Å². The van der Waals surface area contributed by atoms with Gasteiger partial charge >= 0.3 is 0 Å². The summed E-state index contributed by atoms with van der Waals surface area (Å²) in [5, 5.41) is 10.1. The molecule has 2 aromatic heterocycles. The zero-order chi connectivity index (χ0) is 19.5. The Labute approximate surface area is 161 Å². The van der Waals surface area contributed by atoms with Crippen LogP contribution in [0.3, 0.4) is 0 Å². The maximum Gasteiger partial charge on any atom is 0.260 e. The number of aliphatic hydroxyl groups excluding tert-OH is 1. The second kappa shape index (κ2) is 7.90. The molecule has 0 saturated carbocycles. The van der Waals surface area contributed by atoms with Crippen LogP contribution in [0.1, 0.15) is 12.8 Å². The van der Waals surface area contributed by atoms with Crippen LogP contribution in [0.5, 0.6) is 5.75 Å². The van der Waals surface area contributed by atoms with Crippen molar-refractivity contribution in [1.82, 2.24) is 14.9 Å². The second-order valence-electron chi connectivity index (χ2n) is 6.76. The number of halogens is 1. The summed E-state index contributed by atoms with van der Waals surface area (Å²) in [5.74, 6) is 0.0131. The highest BCUT2D eigenvalue weighted by molar-refractivity contribution is 5.87. The number of fused-ring (bicyclic) bond motifs is 1. The number of benzene rings is 1. The predicted molar refractivity (Wildman–Crippen MR) is 102 cm³/mol. The number of aromatic nitrogens is 2. The molecular formula is C21H20FN3O3. The second-order valence-corrected chi connectivity index (χ2v) is 6.76. The highest BCUT2D eigenvalue weighted by atomic mass is 19.1. The van der Waals surface area contributed by atoms with E-state index in [4.69, 9.17) is 4.74 Å². The maximum absolute atomic E-state index is 13.2. The Hall–Kier alpha value is -3.06. The normalized spacial score (nSPS) is 16.5. The molecule has 0 bridgehead atoms. The third-order valence-corrected chi connectivity index (χ3v) is 4.97. The minimum absolute atomic E-state index is 0.0391. The molecule has 1 amide bonds. The SMILES string of the molecule is O=C(COc1cc(-c2ccc(F)cc2)nc2ccncc12)N1CCC[C@@H]1CO. The molecule has 1 atom stereocenters. The lowest BCUT2D eigenvalue weighted by molar-refractivity contribution is -0.134. The number of carbonyl (C=O) groups is 1. The fourth-order valence-electron chi connectivity index (χ4n) is 3.50. The number of nitrogens with zero attached hydrogens (tertiary/aromatic N) is 3. The molecule has 3 aromatic rings. The number of hydrogen-bond donors (Lipinski definition) is 1. The van der Waals surface area contributed by atoms with Crippen molar-refractivity contribution in [3.63, 3.8) is 0 Å². The summed E-state index contributed by atoms with van der Waals surface area (Å²) in [7, 11) is 0. The number of aliphatic hydroxyl groups is 1. The van der Waals surface area contributed by atoms with Gasteiger partial charge < -0.3 is 14.7 Å². The molecule has 0 radical (unpaired) electrons. The molecule has 28 heavy (non-hydrogen) atoms. The fourth-order valence-corrected chi connectivity index (χ4v) is 3.50. The number of pyridine rings is 2. The summed E-state index contributed by atoms with van der Waals surface area (Å²) < 4.78 is 19.1. The predicted octanol–water partition coefficient (Wildman–Crippen LogP) is 2.80. The van der Waals surface area contributed by atoms with Crippen LogP contribution in [-0.2, 0) is 4.79 Å². The Bertz CT molecular complexity index is 994. The largest absolute Gasteiger partial charge is 0.483 e. The number of carbonyl (C=O) groups excluding carboxylic acids is 1. The van der Waals surface area contributed by atoms with E-state index in [0.717, 1.165) is 18.4 Å². The molecule has 4 rings (SSSR count). The minimum atomic E-state index is -0.320. The summed E-state index contributed by atoms with van der Waals surface area (Å²) in [6.07, 6.45) is 4.96. The molecule has 144 valence electrons. The average molecular weight is 381 g/mol. The Morgan fingerprint density at radius 2 is 2.11 bits per heavy atom. The van der Waals surface area contributed by atoms with E-state index in [-0.39, 0.29) is 31.0 Å². The van der Waals surface area contributed by atoms with Gasteiger partial charge in [0, 0.05) is 30.6 Å². The Morgan fingerprint density at radius 1 is 1.29 bits per heavy atom. The van der Waals surface area contributed by atoms with Crippen molar-refractivity contribution < 1.29 is 19.0 Å². The zero-order valence-electron chi connectivity index (χ0n) is 15.2. The molecule has 6 nitrogen and oxygen atoms in total. The first-order valence-corrected chi connectivity index (χ1v) is 9.19. The molecule has 1 aliphatic heterocycles. The van der Waals surface area contributed by atoms with E-state index < -0.39 is 0 Å². The smallest absolute Gasteiger partial charge is 0.260 e. The van der Waals surface area contributed by atoms with Crippen molar-refractivity contribution in [2.45, 2.75) is 18.9 Å². The standard InChI is InChI=1S/C21H20FN3O3/c22-15-5-3-14(4-6-15)19-10-20(17-11-23-8-7-18(17)24-19)28-13-21(27)25-9-1-2-16(25)12-26/h3-8,10-11,16,26H,1-2,9,12-13H2/t16-/m1/s1. The molecule has 0 spiro atoms. The van der Waals surface area contributed by atoms with Gasteiger partial charge in [-0.1, -0.05) is 0 Å². The molecule has 1 N–H and O–H groups in total. The Morgan fingerprint density at radius 3 is 2.89 bits per heavy atom. The lowest BCUT2D eigenvalue weighted by Gasteiger charge is -2.23. The third kappa shape index (κ3) is 3.66. The van der Waals surface area contributed by atoms with Crippen LogP contribution in [0.25, 0.3) is 22.2 Å². The van der Waals surface area contributed by atoms with Crippen LogP contribution >= 0.6 is 0 Å². The molecule has 1 fully saturated rings. The van der Waals surface area contributed by atoms with Crippen molar-refractivity contribution >= 4 is 16.8 Å². The summed E-state index contributed by atoms with van der Waals surface area (Å²) in [6.45, 7) is 0.461. The monoisotopic (exact) mass is 381 g/mol. The van der Waals surface area contributed by atoms with Crippen LogP contribution in [0, 0.1) is 5.82 Å². The van der Waals surface area contributed by atoms with Crippen LogP contribution in [-0.4, -0.2) is 51.7 Å². The van der Waals surface area contributed by atoms with Gasteiger partial charge in [-0.05, 0) is 43.2 Å². The van der Waals surface area contributed by atoms with Gasteiger partial charge in [0.15, 0.2) is 6.61 Å². The molecule has 1 saturated heterocycles. The van der Waals surface area contributed by atoms with E-state index in [2.05, 4.69) is 9.97 Å². The van der Waals surface area contributed by atoms with E-state index >= 15 is 0 Å². The Kier molecular flexibility index (Phi) is 5.16. The van der Waals surface area contributed by atoms with Gasteiger partial charge in [-0.15, -0.1) is 0 Å². The number of ether oxygens (including phenoxy) is 1. The van der Waals surface area contributed by atoms with E-state index in [1.165, 1.54) is 12.1 Å². The van der Waals surface area contributed by atoms with E-state index in [0.29, 0.717) is 28.9 Å².